The number of aromatic nitrogens is 5. The van der Waals surface area contributed by atoms with Crippen LogP contribution >= 0.6 is 11.3 Å². The highest BCUT2D eigenvalue weighted by Gasteiger charge is 2.12. The van der Waals surface area contributed by atoms with Crippen LogP contribution in [0.15, 0.2) is 36.1 Å². The first-order valence-electron chi connectivity index (χ1n) is 6.21. The molecule has 0 aromatic carbocycles. The molecule has 4 aromatic rings. The normalized spacial score (nSPS) is 11.2. The average Bonchev–Trinajstić information content (AvgIpc) is 3.15. The predicted molar refractivity (Wildman–Crippen MR) is 79.5 cm³/mol. The van der Waals surface area contributed by atoms with Crippen molar-refractivity contribution in [1.82, 2.24) is 24.9 Å². The third-order valence-corrected chi connectivity index (χ3v) is 3.99. The van der Waals surface area contributed by atoms with Gasteiger partial charge in [0.15, 0.2) is 10.8 Å². The Labute approximate surface area is 118 Å². The number of aromatic amines is 2. The van der Waals surface area contributed by atoms with E-state index in [4.69, 9.17) is 0 Å². The SMILES string of the molecule is Cc1cnc(-c2nc(-c3c[nH]c4ncccc34)cs2)[nH]1. The fourth-order valence-electron chi connectivity index (χ4n) is 2.20. The van der Waals surface area contributed by atoms with Crippen LogP contribution in [-0.4, -0.2) is 24.9 Å². The number of hydrogen-bond acceptors (Lipinski definition) is 4. The molecular weight excluding hydrogens is 270 g/mol. The van der Waals surface area contributed by atoms with Crippen LogP contribution in [0.4, 0.5) is 0 Å². The molecule has 0 saturated heterocycles. The van der Waals surface area contributed by atoms with Gasteiger partial charge < -0.3 is 9.97 Å². The molecule has 0 fully saturated rings. The summed E-state index contributed by atoms with van der Waals surface area (Å²) >= 11 is 1.58. The van der Waals surface area contributed by atoms with Gasteiger partial charge in [-0.25, -0.2) is 15.0 Å². The number of imidazole rings is 1. The Kier molecular flexibility index (Phi) is 2.43. The monoisotopic (exact) mass is 281 g/mol. The number of nitrogens with zero attached hydrogens (tertiary/aromatic N) is 3. The fourth-order valence-corrected chi connectivity index (χ4v) is 2.96. The molecule has 2 N–H and O–H groups in total. The van der Waals surface area contributed by atoms with Gasteiger partial charge in [0.05, 0.1) is 5.69 Å². The molecule has 0 unspecified atom stereocenters. The maximum absolute atomic E-state index is 4.66. The molecule has 0 aliphatic carbocycles. The molecule has 0 saturated carbocycles. The molecule has 0 amide bonds. The third kappa shape index (κ3) is 1.73. The summed E-state index contributed by atoms with van der Waals surface area (Å²) in [6.45, 7) is 1.98. The summed E-state index contributed by atoms with van der Waals surface area (Å²) in [5, 5.41) is 4.02. The van der Waals surface area contributed by atoms with Crippen molar-refractivity contribution in [2.24, 2.45) is 0 Å². The smallest absolute Gasteiger partial charge is 0.166 e. The summed E-state index contributed by atoms with van der Waals surface area (Å²) in [4.78, 5) is 19.7. The Morgan fingerprint density at radius 2 is 2.20 bits per heavy atom. The second kappa shape index (κ2) is 4.28. The molecule has 0 atom stereocenters. The summed E-state index contributed by atoms with van der Waals surface area (Å²) in [5.74, 6) is 0.816. The van der Waals surface area contributed by atoms with E-state index in [9.17, 15) is 0 Å². The second-order valence-corrected chi connectivity index (χ2v) is 5.41. The first kappa shape index (κ1) is 11.4. The highest BCUT2D eigenvalue weighted by atomic mass is 32.1. The van der Waals surface area contributed by atoms with Crippen molar-refractivity contribution in [3.8, 4) is 22.1 Å². The van der Waals surface area contributed by atoms with E-state index in [0.717, 1.165) is 38.8 Å². The van der Waals surface area contributed by atoms with Crippen LogP contribution in [0.25, 0.3) is 33.1 Å². The van der Waals surface area contributed by atoms with Crippen LogP contribution in [0, 0.1) is 6.92 Å². The Morgan fingerprint density at radius 3 is 3.05 bits per heavy atom. The van der Waals surface area contributed by atoms with E-state index in [-0.39, 0.29) is 0 Å². The van der Waals surface area contributed by atoms with E-state index >= 15 is 0 Å². The summed E-state index contributed by atoms with van der Waals surface area (Å²) < 4.78 is 0. The van der Waals surface area contributed by atoms with Gasteiger partial charge in [0.1, 0.15) is 5.65 Å². The van der Waals surface area contributed by atoms with Gasteiger partial charge in [-0.1, -0.05) is 0 Å². The van der Waals surface area contributed by atoms with Crippen molar-refractivity contribution < 1.29 is 0 Å². The number of thiazole rings is 1. The van der Waals surface area contributed by atoms with Crippen LogP contribution in [0.2, 0.25) is 0 Å². The van der Waals surface area contributed by atoms with E-state index in [1.54, 1.807) is 17.5 Å². The van der Waals surface area contributed by atoms with Crippen LogP contribution in [0.5, 0.6) is 0 Å². The molecule has 0 bridgehead atoms. The van der Waals surface area contributed by atoms with Crippen LogP contribution in [0.3, 0.4) is 0 Å². The van der Waals surface area contributed by atoms with Gasteiger partial charge >= 0.3 is 0 Å². The van der Waals surface area contributed by atoms with Gasteiger partial charge in [-0.15, -0.1) is 11.3 Å². The highest BCUT2D eigenvalue weighted by Crippen LogP contribution is 2.31. The summed E-state index contributed by atoms with van der Waals surface area (Å²) in [7, 11) is 0. The Bertz CT molecular complexity index is 886. The lowest BCUT2D eigenvalue weighted by molar-refractivity contribution is 1.24. The van der Waals surface area contributed by atoms with Crippen LogP contribution < -0.4 is 0 Å². The Hall–Kier alpha value is -2.47. The van der Waals surface area contributed by atoms with E-state index in [1.807, 2.05) is 36.8 Å². The lowest BCUT2D eigenvalue weighted by Crippen LogP contribution is -1.81. The first-order valence-corrected chi connectivity index (χ1v) is 7.09. The third-order valence-electron chi connectivity index (χ3n) is 3.14. The highest BCUT2D eigenvalue weighted by molar-refractivity contribution is 7.13. The lowest BCUT2D eigenvalue weighted by Gasteiger charge is -1.93. The zero-order chi connectivity index (χ0) is 13.5. The number of hydrogen-bond donors (Lipinski definition) is 2. The van der Waals surface area contributed by atoms with Gasteiger partial charge in [-0.05, 0) is 19.1 Å². The van der Waals surface area contributed by atoms with Crippen molar-refractivity contribution in [2.45, 2.75) is 6.92 Å². The van der Waals surface area contributed by atoms with Crippen molar-refractivity contribution in [3.63, 3.8) is 0 Å². The molecule has 4 aromatic heterocycles. The topological polar surface area (TPSA) is 70.2 Å². The number of H-pyrrole nitrogens is 2. The summed E-state index contributed by atoms with van der Waals surface area (Å²) in [6, 6.07) is 3.98. The molecule has 0 aliphatic heterocycles. The molecular formula is C14H11N5S. The van der Waals surface area contributed by atoms with Crippen molar-refractivity contribution in [3.05, 3.63) is 41.8 Å². The van der Waals surface area contributed by atoms with Gasteiger partial charge in [-0.2, -0.15) is 0 Å². The van der Waals surface area contributed by atoms with Gasteiger partial charge in [0.2, 0.25) is 0 Å². The second-order valence-electron chi connectivity index (χ2n) is 4.55. The molecule has 20 heavy (non-hydrogen) atoms. The Balaban J connectivity index is 1.82. The number of rotatable bonds is 2. The molecule has 6 heteroatoms. The maximum atomic E-state index is 4.66. The van der Waals surface area contributed by atoms with Crippen molar-refractivity contribution in [1.29, 1.82) is 0 Å². The minimum atomic E-state index is 0.816. The van der Waals surface area contributed by atoms with E-state index in [1.165, 1.54) is 0 Å². The quantitative estimate of drug-likeness (QED) is 0.591. The van der Waals surface area contributed by atoms with Crippen molar-refractivity contribution in [2.75, 3.05) is 0 Å². The lowest BCUT2D eigenvalue weighted by atomic mass is 10.2. The van der Waals surface area contributed by atoms with Crippen LogP contribution in [0.1, 0.15) is 5.69 Å². The minimum Gasteiger partial charge on any atom is -0.345 e. The fraction of sp³-hybridized carbons (Fsp3) is 0.0714. The average molecular weight is 281 g/mol. The molecule has 98 valence electrons. The zero-order valence-electron chi connectivity index (χ0n) is 10.7. The van der Waals surface area contributed by atoms with E-state index in [0.29, 0.717) is 0 Å². The number of fused-ring (bicyclic) bond motifs is 1. The van der Waals surface area contributed by atoms with Crippen LogP contribution in [-0.2, 0) is 0 Å². The predicted octanol–water partition coefficient (Wildman–Crippen LogP) is 3.38. The van der Waals surface area contributed by atoms with Gasteiger partial charge in [0.25, 0.3) is 0 Å². The number of pyridine rings is 1. The summed E-state index contributed by atoms with van der Waals surface area (Å²) in [5.41, 5.74) is 3.93. The molecule has 0 spiro atoms. The van der Waals surface area contributed by atoms with Gasteiger partial charge in [0, 0.05) is 40.6 Å². The zero-order valence-corrected chi connectivity index (χ0v) is 11.5. The van der Waals surface area contributed by atoms with Gasteiger partial charge in [-0.3, -0.25) is 0 Å². The molecule has 0 radical (unpaired) electrons. The Morgan fingerprint density at radius 1 is 1.25 bits per heavy atom. The van der Waals surface area contributed by atoms with E-state index in [2.05, 4.69) is 24.9 Å². The molecule has 4 heterocycles. The molecule has 0 aliphatic rings. The largest absolute Gasteiger partial charge is 0.345 e. The molecule has 4 rings (SSSR count). The number of aryl methyl sites for hydroxylation is 1. The maximum Gasteiger partial charge on any atom is 0.166 e. The van der Waals surface area contributed by atoms with Crippen molar-refractivity contribution >= 4 is 22.4 Å². The molecule has 5 nitrogen and oxygen atoms in total. The summed E-state index contributed by atoms with van der Waals surface area (Å²) in [6.07, 6.45) is 5.54. The standard InChI is InChI=1S/C14H11N5S/c1-8-5-16-13(18-8)14-19-11(7-20-14)10-6-17-12-9(10)3-2-4-15-12/h2-7H,1H3,(H,15,17)(H,16,18). The minimum absolute atomic E-state index is 0.816. The van der Waals surface area contributed by atoms with E-state index < -0.39 is 0 Å². The first-order chi connectivity index (χ1) is 9.81. The number of nitrogens with one attached hydrogen (secondary N) is 2.